The predicted molar refractivity (Wildman–Crippen MR) is 71.1 cm³/mol. The first kappa shape index (κ1) is 14.1. The van der Waals surface area contributed by atoms with Crippen molar-refractivity contribution < 1.29 is 23.5 Å². The van der Waals surface area contributed by atoms with Crippen LogP contribution >= 0.6 is 18.9 Å². The average molecular weight is 303 g/mol. The van der Waals surface area contributed by atoms with E-state index in [-0.39, 0.29) is 11.5 Å². The van der Waals surface area contributed by atoms with E-state index in [1.807, 2.05) is 0 Å². The largest absolute Gasteiger partial charge is 0.363 e. The summed E-state index contributed by atoms with van der Waals surface area (Å²) in [6.45, 7) is 0. The van der Waals surface area contributed by atoms with E-state index in [4.69, 9.17) is 9.79 Å². The minimum Gasteiger partial charge on any atom is -0.354 e. The van der Waals surface area contributed by atoms with E-state index in [1.54, 1.807) is 12.1 Å². The van der Waals surface area contributed by atoms with E-state index >= 15 is 0 Å². The Morgan fingerprint density at radius 1 is 1.42 bits per heavy atom. The lowest BCUT2D eigenvalue weighted by molar-refractivity contribution is 0.0967. The molecule has 0 aliphatic carbocycles. The molecule has 19 heavy (non-hydrogen) atoms. The molecule has 3 N–H and O–H groups in total. The fourth-order valence-corrected chi connectivity index (χ4v) is 3.18. The second-order valence-corrected chi connectivity index (χ2v) is 6.63. The Morgan fingerprint density at radius 2 is 2.11 bits per heavy atom. The lowest BCUT2D eigenvalue weighted by atomic mass is 10.2. The highest BCUT2D eigenvalue weighted by Crippen LogP contribution is 2.53. The summed E-state index contributed by atoms with van der Waals surface area (Å²) in [4.78, 5) is 29.6. The molecule has 0 aliphatic heterocycles. The van der Waals surface area contributed by atoms with Crippen molar-refractivity contribution >= 4 is 34.9 Å². The minimum atomic E-state index is -4.82. The van der Waals surface area contributed by atoms with Crippen LogP contribution in [-0.2, 0) is 4.57 Å². The molecule has 0 unspecified atom stereocenters. The Kier molecular flexibility index (Phi) is 3.73. The van der Waals surface area contributed by atoms with E-state index in [2.05, 4.69) is 5.32 Å². The molecule has 0 aliphatic rings. The van der Waals surface area contributed by atoms with Crippen LogP contribution in [0.4, 0.5) is 4.39 Å². The van der Waals surface area contributed by atoms with E-state index in [0.717, 1.165) is 4.70 Å². The molecule has 1 aromatic heterocycles. The van der Waals surface area contributed by atoms with Crippen molar-refractivity contribution in [3.8, 4) is 0 Å². The van der Waals surface area contributed by atoms with E-state index in [9.17, 15) is 13.8 Å². The van der Waals surface area contributed by atoms with E-state index in [0.29, 0.717) is 10.3 Å². The maximum Gasteiger partial charge on any atom is 0.363 e. The van der Waals surface area contributed by atoms with Gasteiger partial charge in [0.2, 0.25) is 5.91 Å². The summed E-state index contributed by atoms with van der Waals surface area (Å²) in [5.41, 5.74) is -0.0953. The molecule has 2 aromatic rings. The molecule has 2 rings (SSSR count). The third-order valence-corrected chi connectivity index (χ3v) is 4.57. The predicted octanol–water partition coefficient (Wildman–Crippen LogP) is 2.41. The maximum absolute atomic E-state index is 13.6. The van der Waals surface area contributed by atoms with Gasteiger partial charge in [0.15, 0.2) is 0 Å². The van der Waals surface area contributed by atoms with Gasteiger partial charge in [0.05, 0.1) is 4.88 Å². The monoisotopic (exact) mass is 303 g/mol. The first-order chi connectivity index (χ1) is 8.82. The standard InChI is InChI=1S/C11H11FNO4PS/c1-13-11(14)9-5-7-4-6(2-3-8(7)19-9)10(12)18(15,16)17/h2-5,10H,1H3,(H,13,14)(H2,15,16,17)/t10-/m1/s1. The quantitative estimate of drug-likeness (QED) is 0.760. The molecule has 0 saturated carbocycles. The van der Waals surface area contributed by atoms with Crippen LogP contribution in [0.2, 0.25) is 0 Å². The van der Waals surface area contributed by atoms with Crippen LogP contribution in [0.1, 0.15) is 21.1 Å². The van der Waals surface area contributed by atoms with Crippen LogP contribution in [0.3, 0.4) is 0 Å². The Balaban J connectivity index is 2.46. The Hall–Kier alpha value is -1.27. The Bertz CT molecular complexity index is 680. The van der Waals surface area contributed by atoms with Crippen molar-refractivity contribution in [2.75, 3.05) is 7.05 Å². The zero-order valence-corrected chi connectivity index (χ0v) is 11.5. The second-order valence-electron chi connectivity index (χ2n) is 3.91. The Labute approximate surface area is 112 Å². The molecule has 0 bridgehead atoms. The number of alkyl halides is 1. The summed E-state index contributed by atoms with van der Waals surface area (Å²) in [5, 5.41) is 3.06. The molecule has 5 nitrogen and oxygen atoms in total. The summed E-state index contributed by atoms with van der Waals surface area (Å²) in [7, 11) is -3.31. The highest BCUT2D eigenvalue weighted by molar-refractivity contribution is 7.51. The van der Waals surface area contributed by atoms with Crippen molar-refractivity contribution in [1.29, 1.82) is 0 Å². The first-order valence-electron chi connectivity index (χ1n) is 5.28. The number of hydrogen-bond donors (Lipinski definition) is 3. The Morgan fingerprint density at radius 3 is 2.68 bits per heavy atom. The van der Waals surface area contributed by atoms with Gasteiger partial charge in [-0.25, -0.2) is 4.39 Å². The summed E-state index contributed by atoms with van der Waals surface area (Å²) >= 11 is 1.23. The lowest BCUT2D eigenvalue weighted by Gasteiger charge is -2.09. The maximum atomic E-state index is 13.6. The van der Waals surface area contributed by atoms with Gasteiger partial charge in [-0.2, -0.15) is 0 Å². The van der Waals surface area contributed by atoms with Crippen molar-refractivity contribution in [3.05, 3.63) is 34.7 Å². The van der Waals surface area contributed by atoms with Crippen LogP contribution in [0, 0.1) is 0 Å². The van der Waals surface area contributed by atoms with Crippen molar-refractivity contribution in [2.24, 2.45) is 0 Å². The molecule has 0 radical (unpaired) electrons. The fourth-order valence-electron chi connectivity index (χ4n) is 1.64. The first-order valence-corrected chi connectivity index (χ1v) is 7.77. The number of hydrogen-bond acceptors (Lipinski definition) is 3. The summed E-state index contributed by atoms with van der Waals surface area (Å²) in [6, 6.07) is 5.77. The molecule has 1 heterocycles. The van der Waals surface area contributed by atoms with Gasteiger partial charge in [0, 0.05) is 11.7 Å². The van der Waals surface area contributed by atoms with E-state index in [1.165, 1.54) is 30.5 Å². The third kappa shape index (κ3) is 2.84. The van der Waals surface area contributed by atoms with Crippen LogP contribution in [0.25, 0.3) is 10.1 Å². The number of thiophene rings is 1. The van der Waals surface area contributed by atoms with Gasteiger partial charge >= 0.3 is 7.60 Å². The smallest absolute Gasteiger partial charge is 0.354 e. The average Bonchev–Trinajstić information content (AvgIpc) is 2.78. The van der Waals surface area contributed by atoms with Crippen LogP contribution < -0.4 is 5.32 Å². The highest BCUT2D eigenvalue weighted by Gasteiger charge is 2.30. The molecule has 1 amide bonds. The van der Waals surface area contributed by atoms with Gasteiger partial charge < -0.3 is 15.1 Å². The summed E-state index contributed by atoms with van der Waals surface area (Å²) in [5.74, 6) is -2.60. The zero-order chi connectivity index (χ0) is 14.2. The third-order valence-electron chi connectivity index (χ3n) is 2.56. The number of nitrogens with one attached hydrogen (secondary N) is 1. The van der Waals surface area contributed by atoms with Crippen LogP contribution in [-0.4, -0.2) is 22.7 Å². The number of carbonyl (C=O) groups excluding carboxylic acids is 1. The molecular weight excluding hydrogens is 292 g/mol. The zero-order valence-electron chi connectivity index (χ0n) is 9.83. The van der Waals surface area contributed by atoms with E-state index < -0.39 is 13.5 Å². The minimum absolute atomic E-state index is 0.0953. The molecule has 1 aromatic carbocycles. The van der Waals surface area contributed by atoms with Gasteiger partial charge in [-0.15, -0.1) is 11.3 Å². The van der Waals surface area contributed by atoms with Gasteiger partial charge in [0.25, 0.3) is 5.91 Å². The summed E-state index contributed by atoms with van der Waals surface area (Å²) < 4.78 is 25.2. The number of rotatable bonds is 3. The second kappa shape index (κ2) is 5.02. The van der Waals surface area contributed by atoms with Crippen molar-refractivity contribution in [2.45, 2.75) is 5.91 Å². The van der Waals surface area contributed by atoms with Gasteiger partial charge in [0.1, 0.15) is 0 Å². The summed E-state index contributed by atoms with van der Waals surface area (Å²) in [6.07, 6.45) is 0. The van der Waals surface area contributed by atoms with Crippen molar-refractivity contribution in [3.63, 3.8) is 0 Å². The number of fused-ring (bicyclic) bond motifs is 1. The van der Waals surface area contributed by atoms with Crippen LogP contribution in [0.15, 0.2) is 24.3 Å². The number of amides is 1. The van der Waals surface area contributed by atoms with Gasteiger partial charge in [-0.05, 0) is 29.1 Å². The molecule has 102 valence electrons. The lowest BCUT2D eigenvalue weighted by Crippen LogP contribution is -2.15. The fraction of sp³-hybridized carbons (Fsp3) is 0.182. The molecule has 8 heteroatoms. The van der Waals surface area contributed by atoms with Crippen molar-refractivity contribution in [1.82, 2.24) is 5.32 Å². The number of carbonyl (C=O) groups is 1. The molecular formula is C11H11FNO4PS. The molecule has 0 spiro atoms. The SMILES string of the molecule is CNC(=O)c1cc2cc([C@H](F)P(=O)(O)O)ccc2s1. The molecule has 1 atom stereocenters. The number of benzene rings is 1. The molecule has 0 saturated heterocycles. The number of halogens is 1. The molecule has 0 fully saturated rings. The topological polar surface area (TPSA) is 86.6 Å². The van der Waals surface area contributed by atoms with Crippen LogP contribution in [0.5, 0.6) is 0 Å². The highest BCUT2D eigenvalue weighted by atomic mass is 32.1. The van der Waals surface area contributed by atoms with Gasteiger partial charge in [-0.3, -0.25) is 9.36 Å². The normalized spacial score (nSPS) is 13.5. The van der Waals surface area contributed by atoms with Gasteiger partial charge in [-0.1, -0.05) is 6.07 Å².